The van der Waals surface area contributed by atoms with Gasteiger partial charge in [0, 0.05) is 19.7 Å². The average molecular weight is 479 g/mol. The molecule has 0 atom stereocenters. The number of sulfonamides is 1. The third-order valence-corrected chi connectivity index (χ3v) is 6.56. The van der Waals surface area contributed by atoms with E-state index in [1.165, 1.54) is 29.4 Å². The van der Waals surface area contributed by atoms with E-state index in [9.17, 15) is 13.2 Å². The maximum absolute atomic E-state index is 12.4. The highest BCUT2D eigenvalue weighted by Gasteiger charge is 2.14. The van der Waals surface area contributed by atoms with Crippen LogP contribution in [0.4, 0.5) is 0 Å². The molecule has 0 saturated heterocycles. The summed E-state index contributed by atoms with van der Waals surface area (Å²) in [6.07, 6.45) is 4.53. The largest absolute Gasteiger partial charge is 0.468 e. The first-order valence-electron chi connectivity index (χ1n) is 9.24. The molecule has 1 N–H and O–H groups in total. The number of nitrogens with zero attached hydrogens (tertiary/aromatic N) is 1. The Kier molecular flexibility index (Phi) is 7.56. The minimum Gasteiger partial charge on any atom is -0.468 e. The molecule has 0 bridgehead atoms. The van der Waals surface area contributed by atoms with Crippen molar-refractivity contribution in [1.82, 2.24) is 9.62 Å². The summed E-state index contributed by atoms with van der Waals surface area (Å²) in [5.74, 6) is 0.314. The molecule has 0 radical (unpaired) electrons. The van der Waals surface area contributed by atoms with Crippen molar-refractivity contribution in [1.29, 1.82) is 0 Å². The van der Waals surface area contributed by atoms with E-state index in [1.807, 2.05) is 0 Å². The van der Waals surface area contributed by atoms with Crippen molar-refractivity contribution in [3.05, 3.63) is 93.9 Å². The maximum atomic E-state index is 12.4. The van der Waals surface area contributed by atoms with Gasteiger partial charge in [-0.3, -0.25) is 4.79 Å². The van der Waals surface area contributed by atoms with Gasteiger partial charge in [-0.25, -0.2) is 13.1 Å². The first-order valence-corrected chi connectivity index (χ1v) is 11.5. The monoisotopic (exact) mass is 478 g/mol. The Morgan fingerprint density at radius 2 is 1.84 bits per heavy atom. The smallest absolute Gasteiger partial charge is 0.246 e. The molecule has 3 aromatic rings. The van der Waals surface area contributed by atoms with Crippen molar-refractivity contribution in [2.75, 3.05) is 7.05 Å². The van der Waals surface area contributed by atoms with Gasteiger partial charge in [-0.15, -0.1) is 0 Å². The second kappa shape index (κ2) is 10.2. The molecule has 0 unspecified atom stereocenters. The predicted molar refractivity (Wildman–Crippen MR) is 121 cm³/mol. The molecule has 0 aliphatic carbocycles. The van der Waals surface area contributed by atoms with E-state index in [0.29, 0.717) is 27.9 Å². The fraction of sp³-hybridized carbons (Fsp3) is 0.136. The molecule has 0 spiro atoms. The van der Waals surface area contributed by atoms with Crippen LogP contribution in [0.25, 0.3) is 6.08 Å². The van der Waals surface area contributed by atoms with Gasteiger partial charge < -0.3 is 9.32 Å². The highest BCUT2D eigenvalue weighted by atomic mass is 35.5. The van der Waals surface area contributed by atoms with Crippen LogP contribution in [-0.2, 0) is 27.9 Å². The Morgan fingerprint density at radius 3 is 2.48 bits per heavy atom. The zero-order chi connectivity index (χ0) is 22.4. The van der Waals surface area contributed by atoms with Crippen molar-refractivity contribution in [2.24, 2.45) is 0 Å². The molecule has 1 heterocycles. The maximum Gasteiger partial charge on any atom is 0.246 e. The second-order valence-corrected chi connectivity index (χ2v) is 9.33. The number of rotatable bonds is 8. The van der Waals surface area contributed by atoms with Gasteiger partial charge >= 0.3 is 0 Å². The van der Waals surface area contributed by atoms with Crippen LogP contribution in [0.15, 0.2) is 76.2 Å². The molecule has 0 aliphatic rings. The van der Waals surface area contributed by atoms with Crippen molar-refractivity contribution in [3.8, 4) is 0 Å². The quantitative estimate of drug-likeness (QED) is 0.474. The summed E-state index contributed by atoms with van der Waals surface area (Å²) >= 11 is 11.9. The average Bonchev–Trinajstić information content (AvgIpc) is 3.27. The highest BCUT2D eigenvalue weighted by molar-refractivity contribution is 7.89. The topological polar surface area (TPSA) is 79.6 Å². The minimum absolute atomic E-state index is 0.0661. The number of nitrogens with one attached hydrogen (secondary N) is 1. The van der Waals surface area contributed by atoms with Crippen LogP contribution < -0.4 is 4.72 Å². The summed E-state index contributed by atoms with van der Waals surface area (Å²) in [5, 5.41) is 0.894. The molecular weight excluding hydrogens is 459 g/mol. The van der Waals surface area contributed by atoms with E-state index in [2.05, 4.69) is 4.72 Å². The third kappa shape index (κ3) is 6.45. The number of hydrogen-bond donors (Lipinski definition) is 1. The van der Waals surface area contributed by atoms with Gasteiger partial charge in [0.25, 0.3) is 0 Å². The van der Waals surface area contributed by atoms with Crippen molar-refractivity contribution in [3.63, 3.8) is 0 Å². The van der Waals surface area contributed by atoms with Gasteiger partial charge in [0.1, 0.15) is 5.76 Å². The van der Waals surface area contributed by atoms with E-state index in [0.717, 1.165) is 5.56 Å². The van der Waals surface area contributed by atoms with Gasteiger partial charge in [-0.2, -0.15) is 0 Å². The summed E-state index contributed by atoms with van der Waals surface area (Å²) in [5.41, 5.74) is 1.55. The molecule has 0 aliphatic heterocycles. The van der Waals surface area contributed by atoms with Crippen LogP contribution in [0.1, 0.15) is 16.9 Å². The number of hydrogen-bond acceptors (Lipinski definition) is 4. The van der Waals surface area contributed by atoms with Crippen LogP contribution in [0.2, 0.25) is 10.0 Å². The first kappa shape index (κ1) is 23.1. The summed E-state index contributed by atoms with van der Waals surface area (Å²) in [4.78, 5) is 14.0. The SMILES string of the molecule is CN(Cc1ccc(Cl)c(Cl)c1)C(=O)/C=C/c1ccc(S(=O)(=O)NCc2ccco2)cc1. The lowest BCUT2D eigenvalue weighted by Gasteiger charge is -2.15. The number of likely N-dealkylation sites (N-methyl/N-ethyl adjacent to an activating group) is 1. The predicted octanol–water partition coefficient (Wildman–Crippen LogP) is 4.74. The third-order valence-electron chi connectivity index (χ3n) is 4.41. The molecule has 3 rings (SSSR count). The summed E-state index contributed by atoms with van der Waals surface area (Å²) in [7, 11) is -1.99. The van der Waals surface area contributed by atoms with Crippen LogP contribution in [0.3, 0.4) is 0 Å². The van der Waals surface area contributed by atoms with Gasteiger partial charge in [-0.05, 0) is 53.6 Å². The molecule has 2 aromatic carbocycles. The van der Waals surface area contributed by atoms with E-state index in [4.69, 9.17) is 27.6 Å². The molecule has 1 amide bonds. The van der Waals surface area contributed by atoms with Gasteiger partial charge in [-0.1, -0.05) is 41.4 Å². The summed E-state index contributed by atoms with van der Waals surface area (Å²) in [6.45, 7) is 0.440. The number of amides is 1. The molecule has 1 aromatic heterocycles. The summed E-state index contributed by atoms with van der Waals surface area (Å²) in [6, 6.07) is 14.8. The number of benzene rings is 2. The molecule has 162 valence electrons. The number of carbonyl (C=O) groups excluding carboxylic acids is 1. The molecule has 0 saturated carbocycles. The van der Waals surface area contributed by atoms with Crippen LogP contribution in [0, 0.1) is 0 Å². The van der Waals surface area contributed by atoms with Gasteiger partial charge in [0.05, 0.1) is 27.7 Å². The van der Waals surface area contributed by atoms with Crippen molar-refractivity contribution >= 4 is 45.2 Å². The lowest BCUT2D eigenvalue weighted by molar-refractivity contribution is -0.125. The van der Waals surface area contributed by atoms with Crippen LogP contribution in [-0.4, -0.2) is 26.3 Å². The van der Waals surface area contributed by atoms with Gasteiger partial charge in [0.2, 0.25) is 15.9 Å². The standard InChI is InChI=1S/C22H20Cl2N2O4S/c1-26(15-17-6-10-20(23)21(24)13-17)22(27)11-7-16-4-8-19(9-5-16)31(28,29)25-14-18-3-2-12-30-18/h2-13,25H,14-15H2,1H3/b11-7+. The molecule has 0 fully saturated rings. The highest BCUT2D eigenvalue weighted by Crippen LogP contribution is 2.23. The van der Waals surface area contributed by atoms with Crippen LogP contribution >= 0.6 is 23.2 Å². The Labute approximate surface area is 191 Å². The van der Waals surface area contributed by atoms with Crippen molar-refractivity contribution < 1.29 is 17.6 Å². The molecule has 6 nitrogen and oxygen atoms in total. The fourth-order valence-corrected chi connectivity index (χ4v) is 4.02. The zero-order valence-electron chi connectivity index (χ0n) is 16.6. The number of furan rings is 1. The Hall–Kier alpha value is -2.58. The number of halogens is 2. The second-order valence-electron chi connectivity index (χ2n) is 6.75. The Balaban J connectivity index is 1.59. The van der Waals surface area contributed by atoms with E-state index >= 15 is 0 Å². The minimum atomic E-state index is -3.67. The van der Waals surface area contributed by atoms with E-state index in [1.54, 1.807) is 55.6 Å². The van der Waals surface area contributed by atoms with Crippen molar-refractivity contribution in [2.45, 2.75) is 18.0 Å². The molecule has 31 heavy (non-hydrogen) atoms. The van der Waals surface area contributed by atoms with E-state index < -0.39 is 10.0 Å². The Bertz CT molecular complexity index is 1170. The fourth-order valence-electron chi connectivity index (χ4n) is 2.71. The number of carbonyl (C=O) groups is 1. The summed E-state index contributed by atoms with van der Waals surface area (Å²) < 4.78 is 32.3. The lowest BCUT2D eigenvalue weighted by atomic mass is 10.2. The zero-order valence-corrected chi connectivity index (χ0v) is 18.9. The lowest BCUT2D eigenvalue weighted by Crippen LogP contribution is -2.24. The van der Waals surface area contributed by atoms with Crippen LogP contribution in [0.5, 0.6) is 0 Å². The first-order chi connectivity index (χ1) is 14.7. The normalized spacial score (nSPS) is 11.7. The Morgan fingerprint density at radius 1 is 1.10 bits per heavy atom. The van der Waals surface area contributed by atoms with Gasteiger partial charge in [0.15, 0.2) is 0 Å². The molecule has 9 heteroatoms. The molecular formula is C22H20Cl2N2O4S. The van der Waals surface area contributed by atoms with E-state index in [-0.39, 0.29) is 17.3 Å².